The highest BCUT2D eigenvalue weighted by Crippen LogP contribution is 2.13. The third kappa shape index (κ3) is 6.87. The predicted molar refractivity (Wildman–Crippen MR) is 107 cm³/mol. The Hall–Kier alpha value is -3.15. The molecule has 0 radical (unpaired) electrons. The van der Waals surface area contributed by atoms with Crippen LogP contribution in [-0.2, 0) is 14.3 Å². The number of anilines is 1. The Labute approximate surface area is 164 Å². The Morgan fingerprint density at radius 2 is 1.79 bits per heavy atom. The summed E-state index contributed by atoms with van der Waals surface area (Å²) in [6, 6.07) is 14.3. The molecule has 0 bridgehead atoms. The van der Waals surface area contributed by atoms with Gasteiger partial charge >= 0.3 is 5.97 Å². The molecule has 0 saturated carbocycles. The van der Waals surface area contributed by atoms with E-state index in [1.165, 1.54) is 13.8 Å². The smallest absolute Gasteiger partial charge is 0.306 e. The predicted octanol–water partition coefficient (Wildman–Crippen LogP) is 3.93. The minimum atomic E-state index is -0.938. The number of hydrogen-bond donors (Lipinski definition) is 1. The van der Waals surface area contributed by atoms with Gasteiger partial charge in [-0.15, -0.1) is 0 Å². The number of benzene rings is 2. The molecule has 0 heterocycles. The summed E-state index contributed by atoms with van der Waals surface area (Å²) in [7, 11) is 0. The molecule has 1 atom stereocenters. The van der Waals surface area contributed by atoms with Crippen LogP contribution in [0.15, 0.2) is 48.5 Å². The van der Waals surface area contributed by atoms with E-state index in [0.717, 1.165) is 11.3 Å². The van der Waals surface area contributed by atoms with E-state index in [2.05, 4.69) is 5.32 Å². The van der Waals surface area contributed by atoms with E-state index in [-0.39, 0.29) is 12.2 Å². The molecule has 28 heavy (non-hydrogen) atoms. The highest BCUT2D eigenvalue weighted by molar-refractivity contribution is 5.98. The Balaban J connectivity index is 1.72. The van der Waals surface area contributed by atoms with Crippen LogP contribution in [-0.4, -0.2) is 30.4 Å². The van der Waals surface area contributed by atoms with E-state index < -0.39 is 18.0 Å². The lowest BCUT2D eigenvalue weighted by Gasteiger charge is -2.14. The van der Waals surface area contributed by atoms with E-state index in [1.54, 1.807) is 24.3 Å². The molecule has 0 aliphatic rings. The van der Waals surface area contributed by atoms with Crippen LogP contribution in [0.25, 0.3) is 0 Å². The van der Waals surface area contributed by atoms with Crippen molar-refractivity contribution in [3.05, 3.63) is 59.7 Å². The third-order valence-corrected chi connectivity index (χ3v) is 4.03. The van der Waals surface area contributed by atoms with E-state index in [4.69, 9.17) is 9.47 Å². The summed E-state index contributed by atoms with van der Waals surface area (Å²) in [5.41, 5.74) is 2.12. The van der Waals surface area contributed by atoms with Gasteiger partial charge in [-0.2, -0.15) is 0 Å². The first kappa shape index (κ1) is 21.2. The molecule has 1 N–H and O–H groups in total. The fraction of sp³-hybridized carbons (Fsp3) is 0.318. The SMILES string of the molecule is CC(=O)c1cccc(NC(=O)[C@@H](C)OC(=O)CCCOc2ccc(C)cc2)c1. The van der Waals surface area contributed by atoms with Crippen molar-refractivity contribution in [2.45, 2.75) is 39.7 Å². The summed E-state index contributed by atoms with van der Waals surface area (Å²) in [6.45, 7) is 5.34. The van der Waals surface area contributed by atoms with Crippen molar-refractivity contribution in [3.8, 4) is 5.75 Å². The lowest BCUT2D eigenvalue weighted by molar-refractivity contribution is -0.153. The number of aryl methyl sites for hydroxylation is 1. The molecule has 0 aromatic heterocycles. The molecule has 0 fully saturated rings. The first-order valence-corrected chi connectivity index (χ1v) is 9.16. The van der Waals surface area contributed by atoms with Crippen LogP contribution < -0.4 is 10.1 Å². The highest BCUT2D eigenvalue weighted by Gasteiger charge is 2.18. The number of amides is 1. The number of rotatable bonds is 9. The van der Waals surface area contributed by atoms with E-state index in [1.807, 2.05) is 31.2 Å². The number of ether oxygens (including phenoxy) is 2. The minimum Gasteiger partial charge on any atom is -0.494 e. The number of Topliss-reactive ketones (excluding diaryl/α,β-unsaturated/α-hetero) is 1. The minimum absolute atomic E-state index is 0.0940. The zero-order valence-electron chi connectivity index (χ0n) is 16.4. The molecule has 6 heteroatoms. The molecule has 2 aromatic rings. The summed E-state index contributed by atoms with van der Waals surface area (Å²) in [5.74, 6) is -0.263. The highest BCUT2D eigenvalue weighted by atomic mass is 16.5. The Bertz CT molecular complexity index is 829. The average molecular weight is 383 g/mol. The van der Waals surface area contributed by atoms with Crippen LogP contribution in [0.5, 0.6) is 5.75 Å². The molecule has 148 valence electrons. The number of carbonyl (C=O) groups is 3. The van der Waals surface area contributed by atoms with Crippen LogP contribution in [0, 0.1) is 6.92 Å². The van der Waals surface area contributed by atoms with Crippen molar-refractivity contribution >= 4 is 23.3 Å². The van der Waals surface area contributed by atoms with Gasteiger partial charge in [0.1, 0.15) is 5.75 Å². The molecule has 2 rings (SSSR count). The summed E-state index contributed by atoms with van der Waals surface area (Å²) >= 11 is 0. The molecule has 0 saturated heterocycles. The zero-order valence-corrected chi connectivity index (χ0v) is 16.4. The molecule has 2 aromatic carbocycles. The normalized spacial score (nSPS) is 11.4. The molecule has 0 aliphatic carbocycles. The van der Waals surface area contributed by atoms with Gasteiger partial charge in [-0.1, -0.05) is 29.8 Å². The van der Waals surface area contributed by atoms with Crippen molar-refractivity contribution < 1.29 is 23.9 Å². The van der Waals surface area contributed by atoms with Gasteiger partial charge in [0.25, 0.3) is 5.91 Å². The average Bonchev–Trinajstić information content (AvgIpc) is 2.66. The van der Waals surface area contributed by atoms with Crippen LogP contribution in [0.2, 0.25) is 0 Å². The molecular formula is C22H25NO5. The molecule has 0 aliphatic heterocycles. The number of ketones is 1. The van der Waals surface area contributed by atoms with Crippen molar-refractivity contribution in [1.29, 1.82) is 0 Å². The number of esters is 1. The molecular weight excluding hydrogens is 358 g/mol. The Kier molecular flexibility index (Phi) is 7.75. The van der Waals surface area contributed by atoms with Crippen molar-refractivity contribution in [3.63, 3.8) is 0 Å². The van der Waals surface area contributed by atoms with Crippen molar-refractivity contribution in [2.75, 3.05) is 11.9 Å². The second-order valence-electron chi connectivity index (χ2n) is 6.52. The van der Waals surface area contributed by atoms with E-state index in [0.29, 0.717) is 24.3 Å². The summed E-state index contributed by atoms with van der Waals surface area (Å²) in [5, 5.41) is 2.64. The van der Waals surface area contributed by atoms with Gasteiger partial charge in [-0.3, -0.25) is 14.4 Å². The third-order valence-electron chi connectivity index (χ3n) is 4.03. The number of nitrogens with one attached hydrogen (secondary N) is 1. The second-order valence-corrected chi connectivity index (χ2v) is 6.52. The standard InChI is InChI=1S/C22H25NO5/c1-15-9-11-20(12-10-15)27-13-5-8-21(25)28-17(3)22(26)23-19-7-4-6-18(14-19)16(2)24/h4,6-7,9-12,14,17H,5,8,13H2,1-3H3,(H,23,26)/t17-/m1/s1. The zero-order chi connectivity index (χ0) is 20.5. The Morgan fingerprint density at radius 1 is 1.07 bits per heavy atom. The van der Waals surface area contributed by atoms with E-state index >= 15 is 0 Å². The summed E-state index contributed by atoms with van der Waals surface area (Å²) in [4.78, 5) is 35.5. The van der Waals surface area contributed by atoms with Crippen LogP contribution >= 0.6 is 0 Å². The molecule has 0 spiro atoms. The van der Waals surface area contributed by atoms with Gasteiger partial charge in [0.2, 0.25) is 0 Å². The van der Waals surface area contributed by atoms with Gasteiger partial charge in [0.15, 0.2) is 11.9 Å². The lowest BCUT2D eigenvalue weighted by Crippen LogP contribution is -2.30. The van der Waals surface area contributed by atoms with Crippen LogP contribution in [0.1, 0.15) is 42.6 Å². The lowest BCUT2D eigenvalue weighted by atomic mass is 10.1. The van der Waals surface area contributed by atoms with Crippen molar-refractivity contribution in [2.24, 2.45) is 0 Å². The number of hydrogen-bond acceptors (Lipinski definition) is 5. The second kappa shape index (κ2) is 10.3. The maximum Gasteiger partial charge on any atom is 0.306 e. The molecule has 6 nitrogen and oxygen atoms in total. The maximum atomic E-state index is 12.2. The van der Waals surface area contributed by atoms with Gasteiger partial charge < -0.3 is 14.8 Å². The quantitative estimate of drug-likeness (QED) is 0.403. The first-order valence-electron chi connectivity index (χ1n) is 9.16. The topological polar surface area (TPSA) is 81.7 Å². The van der Waals surface area contributed by atoms with Gasteiger partial charge in [0, 0.05) is 17.7 Å². The monoisotopic (exact) mass is 383 g/mol. The van der Waals surface area contributed by atoms with Gasteiger partial charge in [0.05, 0.1) is 6.61 Å². The maximum absolute atomic E-state index is 12.2. The van der Waals surface area contributed by atoms with E-state index in [9.17, 15) is 14.4 Å². The van der Waals surface area contributed by atoms with Crippen molar-refractivity contribution in [1.82, 2.24) is 0 Å². The fourth-order valence-corrected chi connectivity index (χ4v) is 2.41. The van der Waals surface area contributed by atoms with Gasteiger partial charge in [-0.25, -0.2) is 0 Å². The largest absolute Gasteiger partial charge is 0.494 e. The van der Waals surface area contributed by atoms with Crippen LogP contribution in [0.3, 0.4) is 0 Å². The molecule has 1 amide bonds. The molecule has 0 unspecified atom stereocenters. The first-order chi connectivity index (χ1) is 13.3. The van der Waals surface area contributed by atoms with Crippen LogP contribution in [0.4, 0.5) is 5.69 Å². The summed E-state index contributed by atoms with van der Waals surface area (Å²) in [6.07, 6.45) is -0.295. The number of carbonyl (C=O) groups excluding carboxylic acids is 3. The van der Waals surface area contributed by atoms with Gasteiger partial charge in [-0.05, 0) is 51.5 Å². The fourth-order valence-electron chi connectivity index (χ4n) is 2.41. The Morgan fingerprint density at radius 3 is 2.46 bits per heavy atom. The summed E-state index contributed by atoms with van der Waals surface area (Å²) < 4.78 is 10.7.